The van der Waals surface area contributed by atoms with E-state index in [0.717, 1.165) is 30.0 Å². The molecule has 0 aliphatic heterocycles. The Balaban J connectivity index is 2.58. The molecule has 1 aromatic carbocycles. The Kier molecular flexibility index (Phi) is 2.86. The summed E-state index contributed by atoms with van der Waals surface area (Å²) in [6.07, 6.45) is 5.19. The molecule has 0 unspecified atom stereocenters. The van der Waals surface area contributed by atoms with Gasteiger partial charge in [-0.1, -0.05) is 25.1 Å². The van der Waals surface area contributed by atoms with Crippen LogP contribution < -0.4 is 4.57 Å². The summed E-state index contributed by atoms with van der Waals surface area (Å²) < 4.78 is 7.95. The number of nitrogens with zero attached hydrogens (tertiary/aromatic N) is 1. The van der Waals surface area contributed by atoms with Gasteiger partial charge in [0.15, 0.2) is 0 Å². The van der Waals surface area contributed by atoms with Gasteiger partial charge in [0, 0.05) is 12.1 Å². The minimum absolute atomic E-state index is 0.931. The summed E-state index contributed by atoms with van der Waals surface area (Å²) in [7, 11) is 0. The van der Waals surface area contributed by atoms with E-state index in [1.54, 1.807) is 0 Å². The smallest absolute Gasteiger partial charge is 0.373 e. The molecule has 0 amide bonds. The van der Waals surface area contributed by atoms with Crippen LogP contribution in [0.25, 0.3) is 17.2 Å². The van der Waals surface area contributed by atoms with Crippen LogP contribution in [0.1, 0.15) is 26.2 Å². The van der Waals surface area contributed by atoms with Crippen molar-refractivity contribution in [1.29, 1.82) is 0 Å². The van der Waals surface area contributed by atoms with E-state index in [-0.39, 0.29) is 0 Å². The number of aryl methyl sites for hydroxylation is 1. The standard InChI is InChI=1S/C13H16NO/c1-3-5-10-13-14(4-2)11-8-6-7-9-12(11)15-13/h5-10H,3-4H2,1-2H3/q+1. The Labute approximate surface area is 89.8 Å². The van der Waals surface area contributed by atoms with Gasteiger partial charge in [-0.2, -0.15) is 4.57 Å². The molecule has 0 N–H and O–H groups in total. The van der Waals surface area contributed by atoms with E-state index in [0.29, 0.717) is 0 Å². The Hall–Kier alpha value is -1.57. The van der Waals surface area contributed by atoms with Crippen LogP contribution in [0, 0.1) is 0 Å². The molecule has 0 aliphatic rings. The van der Waals surface area contributed by atoms with Crippen molar-refractivity contribution in [1.82, 2.24) is 0 Å². The monoisotopic (exact) mass is 202 g/mol. The first-order valence-electron chi connectivity index (χ1n) is 5.44. The molecule has 2 heteroatoms. The molecule has 0 saturated heterocycles. The predicted octanol–water partition coefficient (Wildman–Crippen LogP) is 3.16. The lowest BCUT2D eigenvalue weighted by Gasteiger charge is -1.87. The molecule has 0 aliphatic carbocycles. The second-order valence-electron chi connectivity index (χ2n) is 3.46. The van der Waals surface area contributed by atoms with Crippen molar-refractivity contribution in [2.75, 3.05) is 0 Å². The summed E-state index contributed by atoms with van der Waals surface area (Å²) in [5, 5.41) is 0. The fraction of sp³-hybridized carbons (Fsp3) is 0.308. The summed E-state index contributed by atoms with van der Waals surface area (Å²) in [5.74, 6) is 0.931. The summed E-state index contributed by atoms with van der Waals surface area (Å²) in [5.41, 5.74) is 2.12. The van der Waals surface area contributed by atoms with Crippen molar-refractivity contribution < 1.29 is 8.98 Å². The lowest BCUT2D eigenvalue weighted by atomic mass is 10.3. The number of benzene rings is 1. The first-order chi connectivity index (χ1) is 7.36. The molecule has 2 rings (SSSR count). The minimum Gasteiger partial charge on any atom is -0.398 e. The van der Waals surface area contributed by atoms with Gasteiger partial charge in [0.25, 0.3) is 5.52 Å². The van der Waals surface area contributed by atoms with Crippen LogP contribution in [-0.4, -0.2) is 0 Å². The SMILES string of the molecule is CCC=Cc1oc2ccccc2[n+]1CC. The van der Waals surface area contributed by atoms with Crippen LogP contribution in [0.3, 0.4) is 0 Å². The number of hydrogen-bond acceptors (Lipinski definition) is 1. The van der Waals surface area contributed by atoms with E-state index in [1.807, 2.05) is 24.3 Å². The van der Waals surface area contributed by atoms with Gasteiger partial charge in [0.2, 0.25) is 5.58 Å². The van der Waals surface area contributed by atoms with E-state index in [9.17, 15) is 0 Å². The van der Waals surface area contributed by atoms with Crippen molar-refractivity contribution in [2.24, 2.45) is 0 Å². The van der Waals surface area contributed by atoms with Gasteiger partial charge in [-0.25, -0.2) is 0 Å². The lowest BCUT2D eigenvalue weighted by Crippen LogP contribution is -2.33. The second kappa shape index (κ2) is 4.30. The zero-order valence-corrected chi connectivity index (χ0v) is 9.23. The molecular formula is C13H16NO+. The summed E-state index contributed by atoms with van der Waals surface area (Å²) in [6.45, 7) is 5.18. The Bertz CT molecular complexity index is 482. The van der Waals surface area contributed by atoms with Crippen LogP contribution >= 0.6 is 0 Å². The lowest BCUT2D eigenvalue weighted by molar-refractivity contribution is -0.674. The number of para-hydroxylation sites is 2. The van der Waals surface area contributed by atoms with Gasteiger partial charge >= 0.3 is 5.89 Å². The van der Waals surface area contributed by atoms with Gasteiger partial charge in [0.1, 0.15) is 6.54 Å². The summed E-state index contributed by atoms with van der Waals surface area (Å²) in [4.78, 5) is 0. The molecule has 1 heterocycles. The molecule has 0 fully saturated rings. The van der Waals surface area contributed by atoms with Gasteiger partial charge < -0.3 is 4.42 Å². The molecule has 2 nitrogen and oxygen atoms in total. The van der Waals surface area contributed by atoms with E-state index >= 15 is 0 Å². The van der Waals surface area contributed by atoms with Crippen molar-refractivity contribution >= 4 is 17.2 Å². The van der Waals surface area contributed by atoms with Crippen LogP contribution in [0.5, 0.6) is 0 Å². The van der Waals surface area contributed by atoms with Crippen molar-refractivity contribution in [3.8, 4) is 0 Å². The molecular weight excluding hydrogens is 186 g/mol. The quantitative estimate of drug-likeness (QED) is 0.699. The molecule has 1 aromatic heterocycles. The topological polar surface area (TPSA) is 17.0 Å². The number of allylic oxidation sites excluding steroid dienone is 1. The summed E-state index contributed by atoms with van der Waals surface area (Å²) in [6, 6.07) is 8.13. The fourth-order valence-electron chi connectivity index (χ4n) is 1.72. The van der Waals surface area contributed by atoms with E-state index < -0.39 is 0 Å². The normalized spacial score (nSPS) is 11.6. The highest BCUT2D eigenvalue weighted by molar-refractivity contribution is 5.69. The number of hydrogen-bond donors (Lipinski definition) is 0. The predicted molar refractivity (Wildman–Crippen MR) is 61.4 cm³/mol. The van der Waals surface area contributed by atoms with E-state index in [2.05, 4.69) is 30.6 Å². The second-order valence-corrected chi connectivity index (χ2v) is 3.46. The van der Waals surface area contributed by atoms with Gasteiger partial charge in [-0.3, -0.25) is 0 Å². The molecule has 0 spiro atoms. The highest BCUT2D eigenvalue weighted by Gasteiger charge is 2.17. The Morgan fingerprint density at radius 1 is 1.27 bits per heavy atom. The summed E-state index contributed by atoms with van der Waals surface area (Å²) >= 11 is 0. The van der Waals surface area contributed by atoms with Crippen molar-refractivity contribution in [3.63, 3.8) is 0 Å². The van der Waals surface area contributed by atoms with E-state index in [1.165, 1.54) is 0 Å². The fourth-order valence-corrected chi connectivity index (χ4v) is 1.72. The third kappa shape index (κ3) is 1.80. The minimum atomic E-state index is 0.931. The highest BCUT2D eigenvalue weighted by atomic mass is 16.3. The van der Waals surface area contributed by atoms with Crippen LogP contribution in [0.2, 0.25) is 0 Å². The maximum atomic E-state index is 5.77. The van der Waals surface area contributed by atoms with Gasteiger partial charge in [0.05, 0.1) is 0 Å². The maximum Gasteiger partial charge on any atom is 0.373 e. The molecule has 15 heavy (non-hydrogen) atoms. The number of aromatic nitrogens is 1. The third-order valence-corrected chi connectivity index (χ3v) is 2.45. The van der Waals surface area contributed by atoms with Crippen molar-refractivity contribution in [2.45, 2.75) is 26.8 Å². The largest absolute Gasteiger partial charge is 0.398 e. The van der Waals surface area contributed by atoms with Crippen LogP contribution in [0.15, 0.2) is 34.8 Å². The van der Waals surface area contributed by atoms with Crippen LogP contribution in [-0.2, 0) is 6.54 Å². The van der Waals surface area contributed by atoms with Gasteiger partial charge in [-0.05, 0) is 19.4 Å². The first-order valence-corrected chi connectivity index (χ1v) is 5.44. The molecule has 2 aromatic rings. The highest BCUT2D eigenvalue weighted by Crippen LogP contribution is 2.14. The zero-order valence-electron chi connectivity index (χ0n) is 9.23. The van der Waals surface area contributed by atoms with Crippen LogP contribution in [0.4, 0.5) is 0 Å². The first kappa shape index (κ1) is 9.97. The Morgan fingerprint density at radius 2 is 2.07 bits per heavy atom. The van der Waals surface area contributed by atoms with Gasteiger partial charge in [-0.15, -0.1) is 0 Å². The average molecular weight is 202 g/mol. The van der Waals surface area contributed by atoms with Crippen molar-refractivity contribution in [3.05, 3.63) is 36.2 Å². The maximum absolute atomic E-state index is 5.77. The molecule has 78 valence electrons. The van der Waals surface area contributed by atoms with E-state index in [4.69, 9.17) is 4.42 Å². The molecule has 0 radical (unpaired) electrons. The number of rotatable bonds is 3. The molecule has 0 atom stereocenters. The molecule has 0 saturated carbocycles. The number of oxazole rings is 1. The number of fused-ring (bicyclic) bond motifs is 1. The Morgan fingerprint density at radius 3 is 2.80 bits per heavy atom. The zero-order chi connectivity index (χ0) is 10.7. The average Bonchev–Trinajstić information content (AvgIpc) is 2.63. The third-order valence-electron chi connectivity index (χ3n) is 2.45. The molecule has 0 bridgehead atoms.